The summed E-state index contributed by atoms with van der Waals surface area (Å²) in [5, 5.41) is 10.5. The summed E-state index contributed by atoms with van der Waals surface area (Å²) in [7, 11) is 0. The van der Waals surface area contributed by atoms with Crippen LogP contribution in [0, 0.1) is 0 Å². The number of fused-ring (bicyclic) bond motifs is 1. The van der Waals surface area contributed by atoms with E-state index in [1.807, 2.05) is 30.3 Å². The summed E-state index contributed by atoms with van der Waals surface area (Å²) in [5.41, 5.74) is 1.50. The summed E-state index contributed by atoms with van der Waals surface area (Å²) >= 11 is 0. The van der Waals surface area contributed by atoms with Gasteiger partial charge in [0.05, 0.1) is 13.0 Å². The molecule has 2 aromatic carbocycles. The molecule has 5 rings (SSSR count). The normalized spacial score (nSPS) is 23.6. The highest BCUT2D eigenvalue weighted by Gasteiger charge is 2.46. The first kappa shape index (κ1) is 29.7. The van der Waals surface area contributed by atoms with Crippen molar-refractivity contribution in [1.82, 2.24) is 20.7 Å². The molecule has 226 valence electrons. The fourth-order valence-corrected chi connectivity index (χ4v) is 5.43. The Morgan fingerprint density at radius 1 is 1.00 bits per heavy atom. The molecule has 0 aromatic heterocycles. The van der Waals surface area contributed by atoms with Crippen LogP contribution in [0.5, 0.6) is 0 Å². The molecule has 0 aliphatic carbocycles. The molecule has 3 saturated heterocycles. The number of cyclic esters (lactones) is 1. The van der Waals surface area contributed by atoms with Gasteiger partial charge in [0, 0.05) is 31.1 Å². The van der Waals surface area contributed by atoms with Crippen LogP contribution in [-0.2, 0) is 40.1 Å². The van der Waals surface area contributed by atoms with Crippen molar-refractivity contribution in [1.29, 1.82) is 0 Å². The quantitative estimate of drug-likeness (QED) is 0.386. The van der Waals surface area contributed by atoms with Crippen molar-refractivity contribution < 1.29 is 38.2 Å². The first-order chi connectivity index (χ1) is 20.7. The maximum absolute atomic E-state index is 13.8. The van der Waals surface area contributed by atoms with Gasteiger partial charge in [-0.1, -0.05) is 36.4 Å². The predicted molar refractivity (Wildman–Crippen MR) is 150 cm³/mol. The highest BCUT2D eigenvalue weighted by molar-refractivity contribution is 6.01. The number of carbonyl (C=O) groups excluding carboxylic acids is 6. The van der Waals surface area contributed by atoms with Crippen LogP contribution >= 0.6 is 0 Å². The lowest BCUT2D eigenvalue weighted by molar-refractivity contribution is -0.177. The lowest BCUT2D eigenvalue weighted by Gasteiger charge is -2.43. The van der Waals surface area contributed by atoms with E-state index in [2.05, 4.69) is 16.0 Å². The van der Waals surface area contributed by atoms with Gasteiger partial charge in [0.15, 0.2) is 0 Å². The number of nitrogens with one attached hydrogen (secondary N) is 3. The molecule has 5 amide bonds. The second kappa shape index (κ2) is 13.0. The minimum absolute atomic E-state index is 0.00613. The van der Waals surface area contributed by atoms with Crippen molar-refractivity contribution in [2.75, 3.05) is 11.9 Å². The van der Waals surface area contributed by atoms with Crippen LogP contribution in [0.3, 0.4) is 0 Å². The molecule has 13 nitrogen and oxygen atoms in total. The van der Waals surface area contributed by atoms with Gasteiger partial charge in [0.25, 0.3) is 11.8 Å². The maximum Gasteiger partial charge on any atom is 0.310 e. The van der Waals surface area contributed by atoms with Gasteiger partial charge in [0.2, 0.25) is 24.0 Å². The van der Waals surface area contributed by atoms with Gasteiger partial charge in [0.1, 0.15) is 18.1 Å². The summed E-state index contributed by atoms with van der Waals surface area (Å²) in [6, 6.07) is 12.6. The average molecular weight is 592 g/mol. The maximum atomic E-state index is 13.8. The molecular formula is C30H33N5O8. The van der Waals surface area contributed by atoms with E-state index < -0.39 is 48.1 Å². The predicted octanol–water partition coefficient (Wildman–Crippen LogP) is 1.25. The molecule has 4 atom stereocenters. The van der Waals surface area contributed by atoms with Gasteiger partial charge in [-0.15, -0.1) is 0 Å². The van der Waals surface area contributed by atoms with Crippen LogP contribution in [0.25, 0.3) is 0 Å². The van der Waals surface area contributed by atoms with Crippen LogP contribution in [-0.4, -0.2) is 76.5 Å². The number of hydrazine groups is 1. The minimum atomic E-state index is -1.07. The van der Waals surface area contributed by atoms with E-state index in [0.29, 0.717) is 12.1 Å². The van der Waals surface area contributed by atoms with Gasteiger partial charge >= 0.3 is 5.97 Å². The molecule has 3 fully saturated rings. The van der Waals surface area contributed by atoms with Crippen LogP contribution in [0.2, 0.25) is 0 Å². The van der Waals surface area contributed by atoms with Crippen molar-refractivity contribution in [3.63, 3.8) is 0 Å². The monoisotopic (exact) mass is 591 g/mol. The van der Waals surface area contributed by atoms with E-state index in [9.17, 15) is 28.8 Å². The molecule has 0 saturated carbocycles. The zero-order valence-electron chi connectivity index (χ0n) is 23.6. The zero-order valence-corrected chi connectivity index (χ0v) is 23.6. The Hall–Kier alpha value is -4.78. The first-order valence-electron chi connectivity index (χ1n) is 14.2. The van der Waals surface area contributed by atoms with Crippen molar-refractivity contribution in [2.24, 2.45) is 0 Å². The smallest absolute Gasteiger partial charge is 0.310 e. The highest BCUT2D eigenvalue weighted by Crippen LogP contribution is 2.26. The topological polar surface area (TPSA) is 163 Å². The van der Waals surface area contributed by atoms with Crippen molar-refractivity contribution >= 4 is 41.2 Å². The summed E-state index contributed by atoms with van der Waals surface area (Å²) in [4.78, 5) is 77.0. The van der Waals surface area contributed by atoms with E-state index in [4.69, 9.17) is 9.47 Å². The summed E-state index contributed by atoms with van der Waals surface area (Å²) in [5.74, 6) is -2.87. The van der Waals surface area contributed by atoms with Gasteiger partial charge < -0.3 is 25.4 Å². The Morgan fingerprint density at radius 2 is 1.79 bits per heavy atom. The number of nitrogens with zero attached hydrogens (tertiary/aromatic N) is 2. The number of rotatable bonds is 8. The third-order valence-corrected chi connectivity index (χ3v) is 7.46. The number of ether oxygens (including phenoxy) is 2. The fraction of sp³-hybridized carbons (Fsp3) is 0.400. The van der Waals surface area contributed by atoms with E-state index in [0.717, 1.165) is 10.6 Å². The van der Waals surface area contributed by atoms with E-state index >= 15 is 0 Å². The molecule has 3 aliphatic heterocycles. The number of esters is 1. The fourth-order valence-electron chi connectivity index (χ4n) is 5.43. The molecule has 43 heavy (non-hydrogen) atoms. The summed E-state index contributed by atoms with van der Waals surface area (Å²) in [6.07, 6.45) is -0.320. The molecule has 3 N–H and O–H groups in total. The van der Waals surface area contributed by atoms with Crippen LogP contribution in [0.15, 0.2) is 54.6 Å². The lowest BCUT2D eigenvalue weighted by atomic mass is 10.0. The Labute approximate surface area is 247 Å². The van der Waals surface area contributed by atoms with Gasteiger partial charge in [-0.05, 0) is 43.0 Å². The second-order valence-electron chi connectivity index (χ2n) is 10.7. The summed E-state index contributed by atoms with van der Waals surface area (Å²) in [6.45, 7) is 1.76. The van der Waals surface area contributed by atoms with Crippen molar-refractivity contribution in [2.45, 2.75) is 70.1 Å². The lowest BCUT2D eigenvalue weighted by Crippen LogP contribution is -2.64. The van der Waals surface area contributed by atoms with Crippen LogP contribution in [0.4, 0.5) is 5.69 Å². The molecular weight excluding hydrogens is 558 g/mol. The van der Waals surface area contributed by atoms with E-state index in [1.54, 1.807) is 12.1 Å². The third kappa shape index (κ3) is 7.00. The van der Waals surface area contributed by atoms with Crippen molar-refractivity contribution in [3.05, 3.63) is 65.7 Å². The van der Waals surface area contributed by atoms with Gasteiger partial charge in [-0.2, -0.15) is 0 Å². The number of anilines is 1. The second-order valence-corrected chi connectivity index (χ2v) is 10.7. The van der Waals surface area contributed by atoms with Gasteiger partial charge in [-0.3, -0.25) is 33.8 Å². The largest absolute Gasteiger partial charge is 0.433 e. The summed E-state index contributed by atoms with van der Waals surface area (Å²) < 4.78 is 11.1. The highest BCUT2D eigenvalue weighted by atomic mass is 16.7. The number of benzene rings is 2. The number of hydrogen-bond acceptors (Lipinski definition) is 8. The standard InChI is InChI=1S/C30H33N5O8/c1-18(36)31-21-10-5-9-20(15-21)27(39)32-22-12-13-25(37)34-14-6-11-24(35(34)29(22)41)28(40)33-23-16-26(38)43-30(23)42-17-19-7-3-2-4-8-19/h2-5,7-10,15,22-24,30H,6,11-14,16-17H2,1H3,(H,31,36)(H,32,39)(H,33,40). The Bertz CT molecular complexity index is 1420. The molecule has 0 spiro atoms. The Kier molecular flexibility index (Phi) is 9.00. The zero-order chi connectivity index (χ0) is 30.5. The molecule has 2 aromatic rings. The SMILES string of the molecule is CC(=O)Nc1cccc(C(=O)NC2CCC(=O)N3CCCC(C(=O)NC4CC(=O)OC4OCc4ccccc4)N3C2=O)c1. The van der Waals surface area contributed by atoms with Crippen LogP contribution < -0.4 is 16.0 Å². The molecule has 4 unspecified atom stereocenters. The minimum Gasteiger partial charge on any atom is -0.433 e. The number of amides is 5. The van der Waals surface area contributed by atoms with Gasteiger partial charge in [-0.25, -0.2) is 5.01 Å². The molecule has 3 aliphatic rings. The Morgan fingerprint density at radius 3 is 2.56 bits per heavy atom. The average Bonchev–Trinajstić information content (AvgIpc) is 3.29. The molecule has 3 heterocycles. The van der Waals surface area contributed by atoms with E-state index in [1.165, 1.54) is 24.1 Å². The Balaban J connectivity index is 1.29. The number of carbonyl (C=O) groups is 6. The van der Waals surface area contributed by atoms with Crippen LogP contribution in [0.1, 0.15) is 54.9 Å². The first-order valence-corrected chi connectivity index (χ1v) is 14.2. The molecule has 13 heteroatoms. The molecule has 0 radical (unpaired) electrons. The van der Waals surface area contributed by atoms with Crippen molar-refractivity contribution in [3.8, 4) is 0 Å². The van der Waals surface area contributed by atoms with E-state index in [-0.39, 0.29) is 56.2 Å². The third-order valence-electron chi connectivity index (χ3n) is 7.46. The molecule has 0 bridgehead atoms. The number of hydrogen-bond donors (Lipinski definition) is 3.